The highest BCUT2D eigenvalue weighted by Gasteiger charge is 2.26. The van der Waals surface area contributed by atoms with E-state index in [2.05, 4.69) is 4.98 Å². The van der Waals surface area contributed by atoms with Crippen LogP contribution in [0.3, 0.4) is 0 Å². The zero-order valence-corrected chi connectivity index (χ0v) is 13.7. The molecule has 0 bridgehead atoms. The molecule has 1 heterocycles. The molecule has 118 valence electrons. The van der Waals surface area contributed by atoms with Crippen LogP contribution in [0.1, 0.15) is 10.4 Å². The van der Waals surface area contributed by atoms with Gasteiger partial charge in [0.1, 0.15) is 5.01 Å². The van der Waals surface area contributed by atoms with Crippen molar-refractivity contribution in [2.24, 2.45) is 5.14 Å². The third-order valence-electron chi connectivity index (χ3n) is 3.11. The zero-order chi connectivity index (χ0) is 16.8. The third-order valence-corrected chi connectivity index (χ3v) is 5.33. The van der Waals surface area contributed by atoms with Gasteiger partial charge in [0.2, 0.25) is 10.0 Å². The second-order valence-electron chi connectivity index (χ2n) is 4.66. The van der Waals surface area contributed by atoms with Gasteiger partial charge < -0.3 is 5.11 Å². The average molecular weight is 369 g/mol. The van der Waals surface area contributed by atoms with Crippen LogP contribution in [0, 0.1) is 0 Å². The van der Waals surface area contributed by atoms with Crippen molar-refractivity contribution in [3.05, 3.63) is 47.0 Å². The molecule has 0 unspecified atom stereocenters. The summed E-state index contributed by atoms with van der Waals surface area (Å²) in [7, 11) is -4.25. The lowest BCUT2D eigenvalue weighted by Crippen LogP contribution is -2.17. The molecule has 0 saturated heterocycles. The number of thiazole rings is 1. The highest BCUT2D eigenvalue weighted by Crippen LogP contribution is 2.36. The van der Waals surface area contributed by atoms with E-state index in [0.717, 1.165) is 10.8 Å². The number of aromatic nitrogens is 1. The molecule has 3 N–H and O–H groups in total. The number of benzene rings is 2. The number of nitrogens with zero attached hydrogens (tertiary/aromatic N) is 1. The fraction of sp³-hybridized carbons (Fsp3) is 0. The maximum absolute atomic E-state index is 11.7. The maximum Gasteiger partial charge on any atom is 0.337 e. The number of carboxylic acid groups (broad SMARTS) is 1. The predicted octanol–water partition coefficient (Wildman–Crippen LogP) is 2.96. The fourth-order valence-electron chi connectivity index (χ4n) is 2.18. The number of primary sulfonamides is 1. The van der Waals surface area contributed by atoms with Crippen LogP contribution in [0.5, 0.6) is 0 Å². The quantitative estimate of drug-likeness (QED) is 0.738. The summed E-state index contributed by atoms with van der Waals surface area (Å²) in [6.07, 6.45) is 0. The van der Waals surface area contributed by atoms with Crippen molar-refractivity contribution in [1.29, 1.82) is 0 Å². The Morgan fingerprint density at radius 1 is 1.26 bits per heavy atom. The number of carbonyl (C=O) groups is 1. The lowest BCUT2D eigenvalue weighted by atomic mass is 10.1. The highest BCUT2D eigenvalue weighted by molar-refractivity contribution is 7.89. The van der Waals surface area contributed by atoms with Crippen molar-refractivity contribution in [3.8, 4) is 10.6 Å². The molecule has 23 heavy (non-hydrogen) atoms. The lowest BCUT2D eigenvalue weighted by molar-refractivity contribution is 0.0693. The number of hydrogen-bond acceptors (Lipinski definition) is 5. The van der Waals surface area contributed by atoms with E-state index < -0.39 is 26.5 Å². The lowest BCUT2D eigenvalue weighted by Gasteiger charge is -2.09. The van der Waals surface area contributed by atoms with Crippen LogP contribution in [0.15, 0.2) is 41.3 Å². The van der Waals surface area contributed by atoms with E-state index in [0.29, 0.717) is 10.5 Å². The number of fused-ring (bicyclic) bond motifs is 1. The number of carboxylic acids is 1. The van der Waals surface area contributed by atoms with E-state index >= 15 is 0 Å². The number of nitrogens with two attached hydrogens (primary N) is 1. The Kier molecular flexibility index (Phi) is 3.85. The summed E-state index contributed by atoms with van der Waals surface area (Å²) < 4.78 is 24.3. The van der Waals surface area contributed by atoms with Gasteiger partial charge in [0, 0.05) is 10.6 Å². The SMILES string of the molecule is NS(=O)(=O)c1cc(Cl)cc(-c2nc3ccccc3s2)c1C(=O)O. The van der Waals surface area contributed by atoms with Gasteiger partial charge in [-0.1, -0.05) is 23.7 Å². The molecular formula is C14H9ClN2O4S2. The first-order valence-corrected chi connectivity index (χ1v) is 8.97. The number of halogens is 1. The molecule has 0 amide bonds. The standard InChI is InChI=1S/C14H9ClN2O4S2/c15-7-5-8(12(14(18)19)11(6-7)23(16,20)21)13-17-9-3-1-2-4-10(9)22-13/h1-6H,(H,18,19)(H2,16,20,21). The van der Waals surface area contributed by atoms with Crippen LogP contribution >= 0.6 is 22.9 Å². The van der Waals surface area contributed by atoms with E-state index in [1.807, 2.05) is 12.1 Å². The number of sulfonamides is 1. The van der Waals surface area contributed by atoms with Gasteiger partial charge in [-0.2, -0.15) is 0 Å². The zero-order valence-electron chi connectivity index (χ0n) is 11.4. The Balaban J connectivity index is 2.38. The third kappa shape index (κ3) is 2.93. The summed E-state index contributed by atoms with van der Waals surface area (Å²) in [4.78, 5) is 15.4. The number of para-hydroxylation sites is 1. The van der Waals surface area contributed by atoms with Crippen LogP contribution in [-0.2, 0) is 10.0 Å². The first-order chi connectivity index (χ1) is 10.8. The molecule has 0 aliphatic carbocycles. The van der Waals surface area contributed by atoms with E-state index in [4.69, 9.17) is 16.7 Å². The molecule has 1 aromatic heterocycles. The molecule has 0 fully saturated rings. The van der Waals surface area contributed by atoms with Crippen molar-refractivity contribution >= 4 is 49.1 Å². The van der Waals surface area contributed by atoms with Crippen LogP contribution in [0.25, 0.3) is 20.8 Å². The van der Waals surface area contributed by atoms with Crippen molar-refractivity contribution < 1.29 is 18.3 Å². The molecule has 2 aromatic carbocycles. The molecule has 0 spiro atoms. The topological polar surface area (TPSA) is 110 Å². The van der Waals surface area contributed by atoms with Gasteiger partial charge in [-0.05, 0) is 24.3 Å². The van der Waals surface area contributed by atoms with Crippen molar-refractivity contribution in [2.45, 2.75) is 4.90 Å². The normalized spacial score (nSPS) is 11.7. The van der Waals surface area contributed by atoms with Crippen molar-refractivity contribution in [3.63, 3.8) is 0 Å². The fourth-order valence-corrected chi connectivity index (χ4v) is 4.23. The van der Waals surface area contributed by atoms with Gasteiger partial charge in [0.05, 0.1) is 20.7 Å². The summed E-state index contributed by atoms with van der Waals surface area (Å²) in [5.74, 6) is -1.42. The van der Waals surface area contributed by atoms with E-state index in [1.54, 1.807) is 12.1 Å². The van der Waals surface area contributed by atoms with Gasteiger partial charge in [-0.3, -0.25) is 0 Å². The molecule has 6 nitrogen and oxygen atoms in total. The molecule has 9 heteroatoms. The van der Waals surface area contributed by atoms with Gasteiger partial charge >= 0.3 is 5.97 Å². The molecule has 0 saturated carbocycles. The number of hydrogen-bond donors (Lipinski definition) is 2. The van der Waals surface area contributed by atoms with Crippen molar-refractivity contribution in [2.75, 3.05) is 0 Å². The minimum atomic E-state index is -4.25. The summed E-state index contributed by atoms with van der Waals surface area (Å²) >= 11 is 7.19. The maximum atomic E-state index is 11.7. The van der Waals surface area contributed by atoms with E-state index in [-0.39, 0.29) is 10.6 Å². The van der Waals surface area contributed by atoms with Gasteiger partial charge in [0.15, 0.2) is 0 Å². The molecule has 3 rings (SSSR count). The van der Waals surface area contributed by atoms with E-state index in [9.17, 15) is 18.3 Å². The summed E-state index contributed by atoms with van der Waals surface area (Å²) in [5.41, 5.74) is 0.368. The van der Waals surface area contributed by atoms with Crippen molar-refractivity contribution in [1.82, 2.24) is 4.98 Å². The largest absolute Gasteiger partial charge is 0.478 e. The van der Waals surface area contributed by atoms with Crippen LogP contribution in [-0.4, -0.2) is 24.5 Å². The Morgan fingerprint density at radius 3 is 2.57 bits per heavy atom. The molecule has 0 radical (unpaired) electrons. The second-order valence-corrected chi connectivity index (χ2v) is 7.66. The first kappa shape index (κ1) is 15.9. The summed E-state index contributed by atoms with van der Waals surface area (Å²) in [6, 6.07) is 9.64. The average Bonchev–Trinajstić information content (AvgIpc) is 2.88. The second kappa shape index (κ2) is 5.57. The Morgan fingerprint density at radius 2 is 1.96 bits per heavy atom. The van der Waals surface area contributed by atoms with Crippen LogP contribution in [0.4, 0.5) is 0 Å². The predicted molar refractivity (Wildman–Crippen MR) is 88.4 cm³/mol. The Hall–Kier alpha value is -2.00. The van der Waals surface area contributed by atoms with Gasteiger partial charge in [-0.25, -0.2) is 23.3 Å². The monoisotopic (exact) mass is 368 g/mol. The van der Waals surface area contributed by atoms with Crippen LogP contribution in [0.2, 0.25) is 5.02 Å². The van der Waals surface area contributed by atoms with Crippen LogP contribution < -0.4 is 5.14 Å². The summed E-state index contributed by atoms with van der Waals surface area (Å²) in [6.45, 7) is 0. The highest BCUT2D eigenvalue weighted by atomic mass is 35.5. The molecular weight excluding hydrogens is 360 g/mol. The Bertz CT molecular complexity index is 1010. The minimum Gasteiger partial charge on any atom is -0.478 e. The molecule has 3 aromatic rings. The smallest absolute Gasteiger partial charge is 0.337 e. The Labute approximate surface area is 140 Å². The minimum absolute atomic E-state index is 0.0632. The number of aromatic carboxylic acids is 1. The van der Waals surface area contributed by atoms with Gasteiger partial charge in [-0.15, -0.1) is 11.3 Å². The molecule has 0 aliphatic rings. The van der Waals surface area contributed by atoms with Gasteiger partial charge in [0.25, 0.3) is 0 Å². The molecule has 0 atom stereocenters. The molecule has 0 aliphatic heterocycles. The number of rotatable bonds is 3. The first-order valence-electron chi connectivity index (χ1n) is 6.23. The summed E-state index contributed by atoms with van der Waals surface area (Å²) in [5, 5.41) is 15.0. The van der Waals surface area contributed by atoms with E-state index in [1.165, 1.54) is 17.4 Å².